The third-order valence-electron chi connectivity index (χ3n) is 1.43. The van der Waals surface area contributed by atoms with E-state index in [-0.39, 0.29) is 0 Å². The molecule has 1 heterocycles. The van der Waals surface area contributed by atoms with Crippen molar-refractivity contribution in [1.29, 1.82) is 0 Å². The van der Waals surface area contributed by atoms with E-state index in [0.717, 1.165) is 5.56 Å². The molecule has 0 aliphatic rings. The van der Waals surface area contributed by atoms with Crippen LogP contribution in [0.25, 0.3) is 0 Å². The van der Waals surface area contributed by atoms with Crippen molar-refractivity contribution >= 4 is 21.9 Å². The van der Waals surface area contributed by atoms with Crippen molar-refractivity contribution < 1.29 is 9.90 Å². The van der Waals surface area contributed by atoms with Gasteiger partial charge in [-0.2, -0.15) is 0 Å². The molecule has 1 atom stereocenters. The first-order valence-electron chi connectivity index (χ1n) is 3.46. The Morgan fingerprint density at radius 3 is 2.67 bits per heavy atom. The first kappa shape index (κ1) is 9.19. The summed E-state index contributed by atoms with van der Waals surface area (Å²) in [5.74, 6) is -0.841. The predicted molar refractivity (Wildman–Crippen MR) is 48.3 cm³/mol. The second-order valence-corrected chi connectivity index (χ2v) is 3.47. The number of rotatable bonds is 3. The molecule has 0 aliphatic carbocycles. The van der Waals surface area contributed by atoms with Gasteiger partial charge in [-0.15, -0.1) is 0 Å². The number of hydrogen-bond donors (Lipinski definition) is 1. The minimum Gasteiger partial charge on any atom is -0.480 e. The molecular formula is C8H8BrNO2. The van der Waals surface area contributed by atoms with Gasteiger partial charge in [-0.05, 0) is 24.1 Å². The van der Waals surface area contributed by atoms with E-state index in [9.17, 15) is 4.79 Å². The standard InChI is InChI=1S/C8H8BrNO2/c9-7(8(11)12)5-6-1-3-10-4-2-6/h1-4,7H,5H2,(H,11,12). The van der Waals surface area contributed by atoms with Crippen LogP contribution in [0, 0.1) is 0 Å². The highest BCUT2D eigenvalue weighted by molar-refractivity contribution is 9.10. The molecule has 12 heavy (non-hydrogen) atoms. The number of pyridine rings is 1. The van der Waals surface area contributed by atoms with Crippen molar-refractivity contribution in [2.45, 2.75) is 11.2 Å². The van der Waals surface area contributed by atoms with E-state index in [0.29, 0.717) is 6.42 Å². The van der Waals surface area contributed by atoms with Crippen LogP contribution < -0.4 is 0 Å². The Balaban J connectivity index is 2.58. The molecule has 0 spiro atoms. The van der Waals surface area contributed by atoms with Crippen molar-refractivity contribution in [3.8, 4) is 0 Å². The zero-order valence-electron chi connectivity index (χ0n) is 6.27. The van der Waals surface area contributed by atoms with Crippen molar-refractivity contribution in [3.63, 3.8) is 0 Å². The van der Waals surface area contributed by atoms with E-state index < -0.39 is 10.8 Å². The molecule has 1 aromatic rings. The molecule has 0 aliphatic heterocycles. The molecule has 0 fully saturated rings. The van der Waals surface area contributed by atoms with Gasteiger partial charge in [0.1, 0.15) is 4.83 Å². The average Bonchev–Trinajstić information content (AvgIpc) is 2.06. The first-order chi connectivity index (χ1) is 5.70. The monoisotopic (exact) mass is 229 g/mol. The van der Waals surface area contributed by atoms with Crippen molar-refractivity contribution in [2.24, 2.45) is 0 Å². The summed E-state index contributed by atoms with van der Waals surface area (Å²) >= 11 is 3.06. The van der Waals surface area contributed by atoms with Gasteiger partial charge in [-0.3, -0.25) is 9.78 Å². The fourth-order valence-electron chi connectivity index (χ4n) is 0.813. The highest BCUT2D eigenvalue weighted by Gasteiger charge is 2.12. The molecule has 0 saturated carbocycles. The number of aromatic nitrogens is 1. The first-order valence-corrected chi connectivity index (χ1v) is 4.37. The van der Waals surface area contributed by atoms with Crippen LogP contribution in [-0.2, 0) is 11.2 Å². The second-order valence-electron chi connectivity index (χ2n) is 2.37. The fourth-order valence-corrected chi connectivity index (χ4v) is 1.19. The highest BCUT2D eigenvalue weighted by atomic mass is 79.9. The lowest BCUT2D eigenvalue weighted by molar-refractivity contribution is -0.136. The van der Waals surface area contributed by atoms with Gasteiger partial charge in [0.25, 0.3) is 0 Å². The van der Waals surface area contributed by atoms with Crippen LogP contribution in [0.1, 0.15) is 5.56 Å². The molecular weight excluding hydrogens is 222 g/mol. The third kappa shape index (κ3) is 2.62. The number of halogens is 1. The molecule has 1 rings (SSSR count). The fraction of sp³-hybridized carbons (Fsp3) is 0.250. The van der Waals surface area contributed by atoms with Gasteiger partial charge >= 0.3 is 5.97 Å². The quantitative estimate of drug-likeness (QED) is 0.800. The summed E-state index contributed by atoms with van der Waals surface area (Å²) in [5.41, 5.74) is 0.967. The zero-order valence-corrected chi connectivity index (χ0v) is 7.86. The molecule has 0 saturated heterocycles. The third-order valence-corrected chi connectivity index (χ3v) is 2.15. The Bertz CT molecular complexity index is 263. The van der Waals surface area contributed by atoms with Crippen molar-refractivity contribution in [3.05, 3.63) is 30.1 Å². The van der Waals surface area contributed by atoms with Gasteiger partial charge in [-0.1, -0.05) is 15.9 Å². The summed E-state index contributed by atoms with van der Waals surface area (Å²) in [6, 6.07) is 3.61. The van der Waals surface area contributed by atoms with Crippen LogP contribution in [0.4, 0.5) is 0 Å². The summed E-state index contributed by atoms with van der Waals surface area (Å²) in [6.07, 6.45) is 3.78. The molecule has 1 N–H and O–H groups in total. The summed E-state index contributed by atoms with van der Waals surface area (Å²) < 4.78 is 0. The zero-order chi connectivity index (χ0) is 8.97. The Morgan fingerprint density at radius 1 is 1.58 bits per heavy atom. The average molecular weight is 230 g/mol. The van der Waals surface area contributed by atoms with Gasteiger partial charge in [-0.25, -0.2) is 0 Å². The van der Waals surface area contributed by atoms with E-state index >= 15 is 0 Å². The molecule has 4 heteroatoms. The molecule has 1 unspecified atom stereocenters. The predicted octanol–water partition coefficient (Wildman–Crippen LogP) is 1.47. The maximum absolute atomic E-state index is 10.4. The molecule has 64 valence electrons. The summed E-state index contributed by atoms with van der Waals surface area (Å²) in [7, 11) is 0. The molecule has 1 aromatic heterocycles. The highest BCUT2D eigenvalue weighted by Crippen LogP contribution is 2.08. The van der Waals surface area contributed by atoms with Crippen molar-refractivity contribution in [2.75, 3.05) is 0 Å². The van der Waals surface area contributed by atoms with Crippen LogP contribution >= 0.6 is 15.9 Å². The summed E-state index contributed by atoms with van der Waals surface area (Å²) in [6.45, 7) is 0. The minimum atomic E-state index is -0.841. The number of alkyl halides is 1. The Hall–Kier alpha value is -0.900. The Kier molecular flexibility index (Phi) is 3.22. The van der Waals surface area contributed by atoms with E-state index in [1.807, 2.05) is 0 Å². The minimum absolute atomic E-state index is 0.484. The lowest BCUT2D eigenvalue weighted by Gasteiger charge is -2.02. The van der Waals surface area contributed by atoms with Crippen molar-refractivity contribution in [1.82, 2.24) is 4.98 Å². The van der Waals surface area contributed by atoms with Gasteiger partial charge in [0.2, 0.25) is 0 Å². The van der Waals surface area contributed by atoms with Gasteiger partial charge in [0, 0.05) is 12.4 Å². The number of hydrogen-bond acceptors (Lipinski definition) is 2. The maximum atomic E-state index is 10.4. The Morgan fingerprint density at radius 2 is 2.17 bits per heavy atom. The van der Waals surface area contributed by atoms with Gasteiger partial charge in [0.05, 0.1) is 0 Å². The molecule has 0 aromatic carbocycles. The lowest BCUT2D eigenvalue weighted by atomic mass is 10.1. The number of nitrogens with zero attached hydrogens (tertiary/aromatic N) is 1. The number of carbonyl (C=O) groups is 1. The summed E-state index contributed by atoms with van der Waals surface area (Å²) in [5, 5.41) is 8.58. The SMILES string of the molecule is O=C(O)C(Br)Cc1ccncc1. The van der Waals surface area contributed by atoms with Gasteiger partial charge in [0.15, 0.2) is 0 Å². The normalized spacial score (nSPS) is 12.4. The molecule has 3 nitrogen and oxygen atoms in total. The molecule has 0 radical (unpaired) electrons. The number of aliphatic carboxylic acids is 1. The number of carboxylic acids is 1. The van der Waals surface area contributed by atoms with E-state index in [1.54, 1.807) is 24.5 Å². The van der Waals surface area contributed by atoms with Gasteiger partial charge < -0.3 is 5.11 Å². The lowest BCUT2D eigenvalue weighted by Crippen LogP contribution is -2.15. The van der Waals surface area contributed by atoms with Crippen LogP contribution in [0.3, 0.4) is 0 Å². The van der Waals surface area contributed by atoms with Crippen LogP contribution in [0.2, 0.25) is 0 Å². The van der Waals surface area contributed by atoms with Crippen LogP contribution in [0.5, 0.6) is 0 Å². The Labute approximate surface area is 78.6 Å². The van der Waals surface area contributed by atoms with Crippen LogP contribution in [0.15, 0.2) is 24.5 Å². The second kappa shape index (κ2) is 4.21. The van der Waals surface area contributed by atoms with E-state index in [1.165, 1.54) is 0 Å². The summed E-state index contributed by atoms with van der Waals surface area (Å²) in [4.78, 5) is 13.8. The van der Waals surface area contributed by atoms with E-state index in [2.05, 4.69) is 20.9 Å². The number of carboxylic acid groups (broad SMARTS) is 1. The smallest absolute Gasteiger partial charge is 0.317 e. The molecule has 0 bridgehead atoms. The largest absolute Gasteiger partial charge is 0.480 e. The van der Waals surface area contributed by atoms with E-state index in [4.69, 9.17) is 5.11 Å². The van der Waals surface area contributed by atoms with Crippen LogP contribution in [-0.4, -0.2) is 20.9 Å². The maximum Gasteiger partial charge on any atom is 0.317 e. The molecule has 0 amide bonds. The topological polar surface area (TPSA) is 50.2 Å².